The van der Waals surface area contributed by atoms with Gasteiger partial charge in [0.2, 0.25) is 5.95 Å². The van der Waals surface area contributed by atoms with E-state index < -0.39 is 0 Å². The van der Waals surface area contributed by atoms with Crippen LogP contribution in [0.1, 0.15) is 25.3 Å². The second kappa shape index (κ2) is 10.3. The molecule has 0 amide bonds. The third-order valence-corrected chi connectivity index (χ3v) is 6.91. The number of hydrogen-bond donors (Lipinski definition) is 1. The fourth-order valence-corrected chi connectivity index (χ4v) is 4.92. The molecular weight excluding hydrogens is 446 g/mol. The first-order valence-electron chi connectivity index (χ1n) is 12.2. The van der Waals surface area contributed by atoms with Crippen LogP contribution in [0.2, 0.25) is 0 Å². The maximum atomic E-state index is 9.77. The number of methoxy groups -OCH3 is 2. The predicted molar refractivity (Wildman–Crippen MR) is 135 cm³/mol. The average molecular weight is 480 g/mol. The van der Waals surface area contributed by atoms with Gasteiger partial charge in [-0.25, -0.2) is 4.98 Å². The highest BCUT2D eigenvalue weighted by Gasteiger charge is 2.27. The van der Waals surface area contributed by atoms with Gasteiger partial charge in [0.05, 0.1) is 50.2 Å². The molecule has 1 unspecified atom stereocenters. The van der Waals surface area contributed by atoms with Crippen LogP contribution in [0.4, 0.5) is 11.8 Å². The van der Waals surface area contributed by atoms with E-state index in [-0.39, 0.29) is 18.8 Å². The molecule has 0 spiro atoms. The first-order valence-corrected chi connectivity index (χ1v) is 12.2. The van der Waals surface area contributed by atoms with Crippen molar-refractivity contribution in [3.63, 3.8) is 0 Å². The van der Waals surface area contributed by atoms with Crippen LogP contribution in [-0.4, -0.2) is 79.3 Å². The largest absolute Gasteiger partial charge is 0.496 e. The van der Waals surface area contributed by atoms with Gasteiger partial charge in [-0.15, -0.1) is 0 Å². The summed E-state index contributed by atoms with van der Waals surface area (Å²) in [4.78, 5) is 19.5. The van der Waals surface area contributed by atoms with Crippen LogP contribution in [0.15, 0.2) is 30.3 Å². The second-order valence-corrected chi connectivity index (χ2v) is 9.16. The van der Waals surface area contributed by atoms with Crippen molar-refractivity contribution in [2.75, 3.05) is 56.9 Å². The van der Waals surface area contributed by atoms with Crippen molar-refractivity contribution >= 4 is 22.8 Å². The molecule has 4 heterocycles. The standard InChI is InChI=1S/C26H33N5O4/c1-17-16-35-12-11-31(17)25-21-7-8-22(18-6-9-23(34-3)19(13-18)15-32)27-24(21)28-26(29-25)30-10-4-5-20(14-30)33-2/h6-9,13,17,20,32H,4-5,10-12,14-16H2,1-3H3/t17-,20?/m0/s1. The lowest BCUT2D eigenvalue weighted by Crippen LogP contribution is -2.45. The zero-order valence-electron chi connectivity index (χ0n) is 20.6. The van der Waals surface area contributed by atoms with Crippen molar-refractivity contribution in [2.24, 2.45) is 0 Å². The lowest BCUT2D eigenvalue weighted by molar-refractivity contribution is 0.0889. The minimum absolute atomic E-state index is 0.106. The molecule has 1 N–H and O–H groups in total. The Morgan fingerprint density at radius 1 is 1.11 bits per heavy atom. The van der Waals surface area contributed by atoms with Crippen molar-refractivity contribution in [2.45, 2.75) is 38.5 Å². The molecule has 0 radical (unpaired) electrons. The van der Waals surface area contributed by atoms with Crippen LogP contribution in [-0.2, 0) is 16.1 Å². The highest BCUT2D eigenvalue weighted by molar-refractivity contribution is 5.90. The van der Waals surface area contributed by atoms with Crippen molar-refractivity contribution in [1.29, 1.82) is 0 Å². The minimum Gasteiger partial charge on any atom is -0.496 e. The zero-order valence-corrected chi connectivity index (χ0v) is 20.6. The summed E-state index contributed by atoms with van der Waals surface area (Å²) in [5.41, 5.74) is 3.06. The van der Waals surface area contributed by atoms with Crippen LogP contribution in [0, 0.1) is 0 Å². The molecule has 3 aromatic rings. The summed E-state index contributed by atoms with van der Waals surface area (Å²) in [6.07, 6.45) is 2.25. The number of anilines is 2. The van der Waals surface area contributed by atoms with Gasteiger partial charge in [-0.3, -0.25) is 0 Å². The van der Waals surface area contributed by atoms with Gasteiger partial charge >= 0.3 is 0 Å². The molecule has 2 saturated heterocycles. The van der Waals surface area contributed by atoms with Crippen LogP contribution in [0.5, 0.6) is 5.75 Å². The molecule has 0 bridgehead atoms. The van der Waals surface area contributed by atoms with Crippen molar-refractivity contribution < 1.29 is 19.3 Å². The van der Waals surface area contributed by atoms with Crippen LogP contribution < -0.4 is 14.5 Å². The number of hydrogen-bond acceptors (Lipinski definition) is 9. The van der Waals surface area contributed by atoms with Crippen LogP contribution in [0.3, 0.4) is 0 Å². The maximum absolute atomic E-state index is 9.77. The number of fused-ring (bicyclic) bond motifs is 1. The van der Waals surface area contributed by atoms with E-state index in [1.54, 1.807) is 14.2 Å². The van der Waals surface area contributed by atoms with E-state index in [9.17, 15) is 5.11 Å². The molecule has 0 saturated carbocycles. The molecule has 2 atom stereocenters. The Bertz CT molecular complexity index is 1190. The van der Waals surface area contributed by atoms with Gasteiger partial charge in [0.1, 0.15) is 11.6 Å². The first-order chi connectivity index (χ1) is 17.1. The van der Waals surface area contributed by atoms with Gasteiger partial charge in [-0.1, -0.05) is 0 Å². The van der Waals surface area contributed by atoms with Crippen molar-refractivity contribution in [1.82, 2.24) is 15.0 Å². The number of rotatable bonds is 6. The Morgan fingerprint density at radius 3 is 2.77 bits per heavy atom. The normalized spacial score (nSPS) is 20.9. The number of piperidine rings is 1. The summed E-state index contributed by atoms with van der Waals surface area (Å²) in [6, 6.07) is 9.97. The minimum atomic E-state index is -0.106. The second-order valence-electron chi connectivity index (χ2n) is 9.16. The highest BCUT2D eigenvalue weighted by atomic mass is 16.5. The quantitative estimate of drug-likeness (QED) is 0.573. The summed E-state index contributed by atoms with van der Waals surface area (Å²) in [6.45, 7) is 5.81. The third-order valence-electron chi connectivity index (χ3n) is 6.91. The smallest absolute Gasteiger partial charge is 0.229 e. The number of aromatic nitrogens is 3. The molecule has 2 aromatic heterocycles. The Labute approximate surface area is 205 Å². The third kappa shape index (κ3) is 4.76. The number of ether oxygens (including phenoxy) is 3. The predicted octanol–water partition coefficient (Wildman–Crippen LogP) is 3.03. The summed E-state index contributed by atoms with van der Waals surface area (Å²) in [5, 5.41) is 10.7. The Hall–Kier alpha value is -3.01. The van der Waals surface area contributed by atoms with Gasteiger partial charge in [0, 0.05) is 37.9 Å². The summed E-state index contributed by atoms with van der Waals surface area (Å²) in [7, 11) is 3.36. The maximum Gasteiger partial charge on any atom is 0.229 e. The topological polar surface area (TPSA) is 93.1 Å². The lowest BCUT2D eigenvalue weighted by atomic mass is 10.1. The van der Waals surface area contributed by atoms with E-state index in [0.717, 1.165) is 60.5 Å². The Kier molecular flexibility index (Phi) is 6.99. The molecule has 9 nitrogen and oxygen atoms in total. The SMILES string of the molecule is COc1ccc(-c2ccc3c(N4CCOC[C@@H]4C)nc(N4CCCC(OC)C4)nc3n2)cc1CO. The van der Waals surface area contributed by atoms with Crippen LogP contribution >= 0.6 is 0 Å². The van der Waals surface area contributed by atoms with E-state index >= 15 is 0 Å². The molecule has 1 aromatic carbocycles. The summed E-state index contributed by atoms with van der Waals surface area (Å²) >= 11 is 0. The Balaban J connectivity index is 1.61. The first kappa shape index (κ1) is 23.7. The van der Waals surface area contributed by atoms with E-state index in [2.05, 4.69) is 22.8 Å². The number of aliphatic hydroxyl groups is 1. The molecule has 0 aliphatic carbocycles. The lowest BCUT2D eigenvalue weighted by Gasteiger charge is -2.36. The number of aliphatic hydroxyl groups excluding tert-OH is 1. The molecule has 2 fully saturated rings. The molecule has 2 aliphatic rings. The number of morpholine rings is 1. The molecular formula is C26H33N5O4. The van der Waals surface area contributed by atoms with E-state index in [1.807, 2.05) is 24.3 Å². The monoisotopic (exact) mass is 479 g/mol. The fourth-order valence-electron chi connectivity index (χ4n) is 4.92. The van der Waals surface area contributed by atoms with E-state index in [1.165, 1.54) is 0 Å². The van der Waals surface area contributed by atoms with Crippen molar-refractivity contribution in [3.8, 4) is 17.0 Å². The number of benzene rings is 1. The molecule has 5 rings (SSSR count). The number of pyridine rings is 1. The van der Waals surface area contributed by atoms with Crippen LogP contribution in [0.25, 0.3) is 22.3 Å². The van der Waals surface area contributed by atoms with Gasteiger partial charge in [-0.2, -0.15) is 9.97 Å². The summed E-state index contributed by atoms with van der Waals surface area (Å²) in [5.74, 6) is 2.23. The van der Waals surface area contributed by atoms with Gasteiger partial charge < -0.3 is 29.1 Å². The average Bonchev–Trinajstić information content (AvgIpc) is 2.92. The number of nitrogens with zero attached hydrogens (tertiary/aromatic N) is 5. The van der Waals surface area contributed by atoms with E-state index in [4.69, 9.17) is 29.2 Å². The molecule has 2 aliphatic heterocycles. The zero-order chi connectivity index (χ0) is 24.4. The van der Waals surface area contributed by atoms with Gasteiger partial charge in [0.25, 0.3) is 0 Å². The molecule has 35 heavy (non-hydrogen) atoms. The highest BCUT2D eigenvalue weighted by Crippen LogP contribution is 2.32. The molecule has 9 heteroatoms. The van der Waals surface area contributed by atoms with E-state index in [0.29, 0.717) is 30.6 Å². The van der Waals surface area contributed by atoms with Crippen molar-refractivity contribution in [3.05, 3.63) is 35.9 Å². The fraction of sp³-hybridized carbons (Fsp3) is 0.500. The van der Waals surface area contributed by atoms with Gasteiger partial charge in [-0.05, 0) is 50.1 Å². The Morgan fingerprint density at radius 2 is 2.00 bits per heavy atom. The van der Waals surface area contributed by atoms with Gasteiger partial charge in [0.15, 0.2) is 5.65 Å². The molecule has 186 valence electrons. The summed E-state index contributed by atoms with van der Waals surface area (Å²) < 4.78 is 16.7.